The minimum Gasteiger partial charge on any atom is -0.485 e. The zero-order valence-corrected chi connectivity index (χ0v) is 11.1. The van der Waals surface area contributed by atoms with E-state index in [1.54, 1.807) is 0 Å². The molecular weight excluding hydrogens is 240 g/mol. The Balaban J connectivity index is 1.74. The zero-order chi connectivity index (χ0) is 13.2. The van der Waals surface area contributed by atoms with Crippen molar-refractivity contribution >= 4 is 5.69 Å². The number of hydrogen-bond donors (Lipinski definition) is 1. The lowest BCUT2D eigenvalue weighted by Crippen LogP contribution is -2.14. The summed E-state index contributed by atoms with van der Waals surface area (Å²) in [6.45, 7) is 3.45. The Morgan fingerprint density at radius 2 is 2.21 bits per heavy atom. The number of aromatic nitrogens is 3. The van der Waals surface area contributed by atoms with Crippen molar-refractivity contribution in [3.8, 4) is 5.75 Å². The molecule has 5 heteroatoms. The van der Waals surface area contributed by atoms with Gasteiger partial charge in [-0.15, -0.1) is 10.2 Å². The summed E-state index contributed by atoms with van der Waals surface area (Å²) in [6, 6.07) is 5.66. The second-order valence-electron chi connectivity index (χ2n) is 4.95. The first-order valence-corrected chi connectivity index (χ1v) is 6.64. The Labute approximate surface area is 112 Å². The summed E-state index contributed by atoms with van der Waals surface area (Å²) in [7, 11) is 0. The number of anilines is 1. The van der Waals surface area contributed by atoms with Crippen molar-refractivity contribution in [1.82, 2.24) is 14.8 Å². The smallest absolute Gasteiger partial charge is 0.171 e. The molecule has 100 valence electrons. The van der Waals surface area contributed by atoms with E-state index < -0.39 is 0 Å². The molecule has 19 heavy (non-hydrogen) atoms. The van der Waals surface area contributed by atoms with E-state index in [-0.39, 0.29) is 0 Å². The Kier molecular flexibility index (Phi) is 3.11. The molecule has 1 aromatic carbocycles. The van der Waals surface area contributed by atoms with E-state index in [1.807, 2.05) is 25.1 Å². The molecule has 0 radical (unpaired) electrons. The lowest BCUT2D eigenvalue weighted by atomic mass is 10.2. The maximum Gasteiger partial charge on any atom is 0.171 e. The monoisotopic (exact) mass is 258 g/mol. The van der Waals surface area contributed by atoms with Crippen LogP contribution in [0.15, 0.2) is 18.2 Å². The number of fused-ring (bicyclic) bond motifs is 1. The Bertz CT molecular complexity index is 591. The average Bonchev–Trinajstić information content (AvgIpc) is 2.81. The van der Waals surface area contributed by atoms with Crippen LogP contribution in [0.4, 0.5) is 5.69 Å². The van der Waals surface area contributed by atoms with E-state index in [2.05, 4.69) is 14.8 Å². The van der Waals surface area contributed by atoms with Crippen molar-refractivity contribution < 1.29 is 4.74 Å². The summed E-state index contributed by atoms with van der Waals surface area (Å²) in [5.41, 5.74) is 7.52. The fourth-order valence-electron chi connectivity index (χ4n) is 2.45. The van der Waals surface area contributed by atoms with Gasteiger partial charge in [0.25, 0.3) is 0 Å². The molecule has 2 aromatic rings. The molecule has 2 N–H and O–H groups in total. The highest BCUT2D eigenvalue weighted by atomic mass is 16.5. The van der Waals surface area contributed by atoms with Crippen LogP contribution in [-0.2, 0) is 19.6 Å². The quantitative estimate of drug-likeness (QED) is 0.856. The fraction of sp³-hybridized carbons (Fsp3) is 0.429. The van der Waals surface area contributed by atoms with Gasteiger partial charge in [0.1, 0.15) is 18.2 Å². The van der Waals surface area contributed by atoms with Gasteiger partial charge in [-0.2, -0.15) is 0 Å². The summed E-state index contributed by atoms with van der Waals surface area (Å²) in [5, 5.41) is 8.44. The zero-order valence-electron chi connectivity index (χ0n) is 11.1. The van der Waals surface area contributed by atoms with Crippen molar-refractivity contribution in [2.75, 3.05) is 5.73 Å². The third-order valence-corrected chi connectivity index (χ3v) is 3.49. The van der Waals surface area contributed by atoms with E-state index in [0.29, 0.717) is 6.61 Å². The number of nitrogens with two attached hydrogens (primary N) is 1. The lowest BCUT2D eigenvalue weighted by molar-refractivity contribution is 0.284. The minimum absolute atomic E-state index is 0.456. The third kappa shape index (κ3) is 2.41. The van der Waals surface area contributed by atoms with Crippen LogP contribution in [-0.4, -0.2) is 14.8 Å². The molecule has 0 unspecified atom stereocenters. The van der Waals surface area contributed by atoms with E-state index in [4.69, 9.17) is 10.5 Å². The number of hydrogen-bond acceptors (Lipinski definition) is 4. The topological polar surface area (TPSA) is 66.0 Å². The molecule has 0 bridgehead atoms. The Hall–Kier alpha value is -2.04. The van der Waals surface area contributed by atoms with Crippen molar-refractivity contribution in [1.29, 1.82) is 0 Å². The molecule has 0 spiro atoms. The maximum atomic E-state index is 5.82. The predicted molar refractivity (Wildman–Crippen MR) is 72.9 cm³/mol. The summed E-state index contributed by atoms with van der Waals surface area (Å²) in [4.78, 5) is 0. The Morgan fingerprint density at radius 3 is 3.05 bits per heavy atom. The van der Waals surface area contributed by atoms with Crippen LogP contribution in [0, 0.1) is 6.92 Å². The van der Waals surface area contributed by atoms with E-state index >= 15 is 0 Å². The highest BCUT2D eigenvalue weighted by Crippen LogP contribution is 2.22. The molecule has 5 nitrogen and oxygen atoms in total. The molecule has 1 aromatic heterocycles. The lowest BCUT2D eigenvalue weighted by Gasteiger charge is -2.15. The molecule has 0 aliphatic carbocycles. The predicted octanol–water partition coefficient (Wildman–Crippen LogP) is 2.08. The van der Waals surface area contributed by atoms with Gasteiger partial charge < -0.3 is 15.0 Å². The van der Waals surface area contributed by atoms with Gasteiger partial charge in [0.15, 0.2) is 5.82 Å². The van der Waals surface area contributed by atoms with Crippen LogP contribution in [0.1, 0.15) is 30.1 Å². The molecule has 1 aliphatic heterocycles. The van der Waals surface area contributed by atoms with E-state index in [9.17, 15) is 0 Å². The molecule has 2 heterocycles. The van der Waals surface area contributed by atoms with Crippen LogP contribution in [0.3, 0.4) is 0 Å². The van der Waals surface area contributed by atoms with Crippen molar-refractivity contribution in [2.45, 2.75) is 39.3 Å². The van der Waals surface area contributed by atoms with Gasteiger partial charge in [0.05, 0.1) is 0 Å². The first kappa shape index (κ1) is 12.0. The molecule has 1 aliphatic rings. The van der Waals surface area contributed by atoms with Crippen LogP contribution >= 0.6 is 0 Å². The summed E-state index contributed by atoms with van der Waals surface area (Å²) >= 11 is 0. The molecule has 0 atom stereocenters. The highest BCUT2D eigenvalue weighted by Gasteiger charge is 2.16. The van der Waals surface area contributed by atoms with Gasteiger partial charge in [-0.05, 0) is 43.5 Å². The second kappa shape index (κ2) is 4.91. The molecule has 3 rings (SSSR count). The van der Waals surface area contributed by atoms with Crippen LogP contribution in [0.2, 0.25) is 0 Å². The first-order valence-electron chi connectivity index (χ1n) is 6.64. The standard InChI is InChI=1S/C14H18N4O/c1-10-8-11(15)5-6-12(10)19-9-14-17-16-13-4-2-3-7-18(13)14/h5-6,8H,2-4,7,9,15H2,1H3. The minimum atomic E-state index is 0.456. The summed E-state index contributed by atoms with van der Waals surface area (Å²) in [5.74, 6) is 2.84. The average molecular weight is 258 g/mol. The normalized spacial score (nSPS) is 14.2. The second-order valence-corrected chi connectivity index (χ2v) is 4.95. The molecule has 0 fully saturated rings. The summed E-state index contributed by atoms with van der Waals surface area (Å²) in [6.07, 6.45) is 3.42. The number of aryl methyl sites for hydroxylation is 2. The number of benzene rings is 1. The maximum absolute atomic E-state index is 5.82. The van der Waals surface area contributed by atoms with E-state index in [0.717, 1.165) is 41.6 Å². The first-order chi connectivity index (χ1) is 9.24. The molecular formula is C14H18N4O. The highest BCUT2D eigenvalue weighted by molar-refractivity contribution is 5.47. The van der Waals surface area contributed by atoms with Gasteiger partial charge in [-0.3, -0.25) is 0 Å². The van der Waals surface area contributed by atoms with Crippen LogP contribution in [0.25, 0.3) is 0 Å². The largest absolute Gasteiger partial charge is 0.485 e. The number of rotatable bonds is 3. The van der Waals surface area contributed by atoms with Crippen molar-refractivity contribution in [3.05, 3.63) is 35.4 Å². The van der Waals surface area contributed by atoms with E-state index in [1.165, 1.54) is 12.8 Å². The van der Waals surface area contributed by atoms with Crippen LogP contribution in [0.5, 0.6) is 5.75 Å². The molecule has 0 saturated heterocycles. The third-order valence-electron chi connectivity index (χ3n) is 3.49. The van der Waals surface area contributed by atoms with Gasteiger partial charge in [-0.1, -0.05) is 0 Å². The number of nitrogen functional groups attached to an aromatic ring is 1. The van der Waals surface area contributed by atoms with Gasteiger partial charge >= 0.3 is 0 Å². The van der Waals surface area contributed by atoms with Crippen LogP contribution < -0.4 is 10.5 Å². The SMILES string of the molecule is Cc1cc(N)ccc1OCc1nnc2n1CCCC2. The molecule has 0 saturated carbocycles. The van der Waals surface area contributed by atoms with Gasteiger partial charge in [0, 0.05) is 18.7 Å². The fourth-order valence-corrected chi connectivity index (χ4v) is 2.45. The van der Waals surface area contributed by atoms with Crippen molar-refractivity contribution in [2.24, 2.45) is 0 Å². The summed E-state index contributed by atoms with van der Waals surface area (Å²) < 4.78 is 8.00. The number of ether oxygens (including phenoxy) is 1. The van der Waals surface area contributed by atoms with Gasteiger partial charge in [-0.25, -0.2) is 0 Å². The Morgan fingerprint density at radius 1 is 1.32 bits per heavy atom. The number of nitrogens with zero attached hydrogens (tertiary/aromatic N) is 3. The van der Waals surface area contributed by atoms with Crippen molar-refractivity contribution in [3.63, 3.8) is 0 Å². The molecule has 0 amide bonds. The van der Waals surface area contributed by atoms with Gasteiger partial charge in [0.2, 0.25) is 0 Å².